The van der Waals surface area contributed by atoms with Crippen molar-refractivity contribution in [2.24, 2.45) is 0 Å². The summed E-state index contributed by atoms with van der Waals surface area (Å²) in [5.74, 6) is -1.29. The summed E-state index contributed by atoms with van der Waals surface area (Å²) in [5.41, 5.74) is 0.642. The van der Waals surface area contributed by atoms with Crippen LogP contribution in [-0.4, -0.2) is 68.9 Å². The highest BCUT2D eigenvalue weighted by atomic mass is 32.1. The van der Waals surface area contributed by atoms with E-state index < -0.39 is 29.6 Å². The summed E-state index contributed by atoms with van der Waals surface area (Å²) >= 11 is 1.46. The van der Waals surface area contributed by atoms with Crippen LogP contribution in [0.3, 0.4) is 0 Å². The van der Waals surface area contributed by atoms with Gasteiger partial charge in [-0.05, 0) is 65.7 Å². The normalized spacial score (nSPS) is 21.0. The fraction of sp³-hybridized carbons (Fsp3) is 0.500. The molecular formula is C30H34F3N5O5S. The van der Waals surface area contributed by atoms with Gasteiger partial charge in [0.25, 0.3) is 5.91 Å². The molecule has 44 heavy (non-hydrogen) atoms. The molecule has 236 valence electrons. The fourth-order valence-electron chi connectivity index (χ4n) is 5.25. The topological polar surface area (TPSA) is 116 Å². The van der Waals surface area contributed by atoms with Gasteiger partial charge < -0.3 is 24.4 Å². The van der Waals surface area contributed by atoms with Crippen LogP contribution in [0.1, 0.15) is 73.2 Å². The molecule has 1 aliphatic heterocycles. The fourth-order valence-corrected chi connectivity index (χ4v) is 6.00. The molecule has 3 heterocycles. The van der Waals surface area contributed by atoms with E-state index in [0.717, 1.165) is 17.3 Å². The van der Waals surface area contributed by atoms with E-state index in [1.807, 2.05) is 33.8 Å². The van der Waals surface area contributed by atoms with Crippen LogP contribution in [0.5, 0.6) is 5.75 Å². The van der Waals surface area contributed by atoms with Gasteiger partial charge in [-0.3, -0.25) is 4.79 Å². The lowest BCUT2D eigenvalue weighted by Crippen LogP contribution is -2.55. The summed E-state index contributed by atoms with van der Waals surface area (Å²) in [5, 5.41) is 3.50. The third-order valence-corrected chi connectivity index (χ3v) is 8.22. The molecule has 10 nitrogen and oxygen atoms in total. The smallest absolute Gasteiger partial charge is 0.451 e. The first-order chi connectivity index (χ1) is 20.7. The van der Waals surface area contributed by atoms with E-state index in [-0.39, 0.29) is 29.9 Å². The lowest BCUT2D eigenvalue weighted by molar-refractivity contribution is -0.145. The van der Waals surface area contributed by atoms with Gasteiger partial charge in [0.2, 0.25) is 5.82 Å². The maximum atomic E-state index is 13.4. The first-order valence-electron chi connectivity index (χ1n) is 14.2. The van der Waals surface area contributed by atoms with Gasteiger partial charge in [0.15, 0.2) is 0 Å². The summed E-state index contributed by atoms with van der Waals surface area (Å²) in [6.45, 7) is 9.81. The Balaban J connectivity index is 1.36. The molecule has 14 heteroatoms. The second kappa shape index (κ2) is 12.3. The number of hydrogen-bond donors (Lipinski definition) is 1. The van der Waals surface area contributed by atoms with Crippen molar-refractivity contribution in [1.29, 1.82) is 0 Å². The lowest BCUT2D eigenvalue weighted by atomic mass is 10.1. The lowest BCUT2D eigenvalue weighted by Gasteiger charge is -2.39. The van der Waals surface area contributed by atoms with E-state index in [0.29, 0.717) is 47.9 Å². The number of benzene rings is 1. The van der Waals surface area contributed by atoms with Crippen LogP contribution in [-0.2, 0) is 15.7 Å². The molecule has 2 aliphatic rings. The Morgan fingerprint density at radius 2 is 1.82 bits per heavy atom. The number of fused-ring (bicyclic) bond motifs is 1. The van der Waals surface area contributed by atoms with Crippen molar-refractivity contribution >= 4 is 23.3 Å². The van der Waals surface area contributed by atoms with Gasteiger partial charge in [-0.2, -0.15) is 13.2 Å². The van der Waals surface area contributed by atoms with Crippen LogP contribution in [0.15, 0.2) is 36.8 Å². The van der Waals surface area contributed by atoms with Crippen molar-refractivity contribution in [3.8, 4) is 16.3 Å². The van der Waals surface area contributed by atoms with E-state index in [4.69, 9.17) is 14.2 Å². The molecule has 0 spiro atoms. The van der Waals surface area contributed by atoms with E-state index in [1.165, 1.54) is 11.3 Å². The van der Waals surface area contributed by atoms with Crippen molar-refractivity contribution in [2.75, 3.05) is 13.2 Å². The Labute approximate surface area is 257 Å². The molecule has 1 aromatic carbocycles. The van der Waals surface area contributed by atoms with Crippen molar-refractivity contribution in [1.82, 2.24) is 25.2 Å². The van der Waals surface area contributed by atoms with Crippen LogP contribution in [0, 0.1) is 6.92 Å². The number of nitrogens with zero attached hydrogens (tertiary/aromatic N) is 4. The summed E-state index contributed by atoms with van der Waals surface area (Å²) in [4.78, 5) is 40.2. The van der Waals surface area contributed by atoms with Gasteiger partial charge in [0, 0.05) is 46.7 Å². The molecule has 1 N–H and O–H groups in total. The zero-order chi connectivity index (χ0) is 31.8. The summed E-state index contributed by atoms with van der Waals surface area (Å²) in [6.07, 6.45) is -0.673. The Morgan fingerprint density at radius 3 is 2.45 bits per heavy atom. The van der Waals surface area contributed by atoms with Crippen molar-refractivity contribution in [2.45, 2.75) is 83.5 Å². The molecule has 1 aliphatic carbocycles. The van der Waals surface area contributed by atoms with Crippen molar-refractivity contribution < 1.29 is 37.0 Å². The number of ether oxygens (including phenoxy) is 3. The number of nitrogens with one attached hydrogen (secondary N) is 1. The Morgan fingerprint density at radius 1 is 1.09 bits per heavy atom. The van der Waals surface area contributed by atoms with E-state index in [9.17, 15) is 22.8 Å². The average molecular weight is 634 g/mol. The summed E-state index contributed by atoms with van der Waals surface area (Å²) < 4.78 is 56.8. The highest BCUT2D eigenvalue weighted by Crippen LogP contribution is 2.36. The minimum absolute atomic E-state index is 0.206. The highest BCUT2D eigenvalue weighted by molar-refractivity contribution is 7.14. The maximum Gasteiger partial charge on any atom is 0.451 e. The SMILES string of the molecule is Cc1cnc(-c2cc(O[C@H]3CC[C@H]4[C@H]3OCCN4C(=O)OC(C)(C)C)cc(C(=O)N[C@H](C)c3cnc(C(F)(F)F)nc3)c2)s1. The molecule has 0 unspecified atom stereocenters. The molecular weight excluding hydrogens is 599 g/mol. The summed E-state index contributed by atoms with van der Waals surface area (Å²) in [6, 6.07) is 4.23. The minimum atomic E-state index is -4.66. The molecule has 3 aromatic rings. The monoisotopic (exact) mass is 633 g/mol. The van der Waals surface area contributed by atoms with Crippen molar-refractivity contribution in [3.63, 3.8) is 0 Å². The number of amides is 2. The standard InChI is InChI=1S/C30H34F3N5O5S/c1-16-13-34-26(44-16)19-10-18(25(39)37-17(2)20-14-35-27(36-15-20)30(31,32)33)11-21(12-19)42-23-7-6-22-24(23)41-9-8-38(22)28(40)43-29(3,4)5/h10-15,17,22-24H,6-9H2,1-5H3,(H,37,39)/t17-,22+,23+,24-/m1/s1. The van der Waals surface area contributed by atoms with E-state index in [2.05, 4.69) is 20.3 Å². The van der Waals surface area contributed by atoms with Gasteiger partial charge in [0.1, 0.15) is 28.6 Å². The van der Waals surface area contributed by atoms with E-state index >= 15 is 0 Å². The number of carbonyl (C=O) groups excluding carboxylic acids is 2. The van der Waals surface area contributed by atoms with Crippen LogP contribution >= 0.6 is 11.3 Å². The van der Waals surface area contributed by atoms with Crippen LogP contribution < -0.4 is 10.1 Å². The first-order valence-corrected chi connectivity index (χ1v) is 15.1. The highest BCUT2D eigenvalue weighted by Gasteiger charge is 2.47. The van der Waals surface area contributed by atoms with Gasteiger partial charge in [-0.1, -0.05) is 0 Å². The summed E-state index contributed by atoms with van der Waals surface area (Å²) in [7, 11) is 0. The Bertz CT molecular complexity index is 1510. The number of aromatic nitrogens is 3. The van der Waals surface area contributed by atoms with Crippen LogP contribution in [0.25, 0.3) is 10.6 Å². The first kappa shape index (κ1) is 31.6. The molecule has 1 saturated carbocycles. The van der Waals surface area contributed by atoms with Gasteiger partial charge in [-0.15, -0.1) is 11.3 Å². The molecule has 0 radical (unpaired) electrons. The third kappa shape index (κ3) is 7.29. The molecule has 1 saturated heterocycles. The molecule has 2 amide bonds. The maximum absolute atomic E-state index is 13.4. The number of carbonyl (C=O) groups is 2. The number of morpholine rings is 1. The van der Waals surface area contributed by atoms with Crippen LogP contribution in [0.4, 0.5) is 18.0 Å². The second-order valence-corrected chi connectivity index (χ2v) is 13.1. The predicted octanol–water partition coefficient (Wildman–Crippen LogP) is 5.96. The number of aryl methyl sites for hydroxylation is 1. The van der Waals surface area contributed by atoms with Gasteiger partial charge in [-0.25, -0.2) is 19.7 Å². The van der Waals surface area contributed by atoms with Crippen LogP contribution in [0.2, 0.25) is 0 Å². The average Bonchev–Trinajstić information content (AvgIpc) is 3.57. The Hall–Kier alpha value is -3.78. The number of hydrogen-bond acceptors (Lipinski definition) is 9. The zero-order valence-corrected chi connectivity index (χ0v) is 25.8. The third-order valence-electron chi connectivity index (χ3n) is 7.26. The largest absolute Gasteiger partial charge is 0.488 e. The number of thiazole rings is 1. The molecule has 2 fully saturated rings. The second-order valence-electron chi connectivity index (χ2n) is 11.9. The van der Waals surface area contributed by atoms with E-state index in [1.54, 1.807) is 30.2 Å². The zero-order valence-electron chi connectivity index (χ0n) is 25.0. The van der Waals surface area contributed by atoms with Gasteiger partial charge in [0.05, 0.1) is 18.7 Å². The minimum Gasteiger partial charge on any atom is -0.488 e. The Kier molecular flexibility index (Phi) is 8.85. The van der Waals surface area contributed by atoms with Gasteiger partial charge >= 0.3 is 12.3 Å². The molecule has 5 rings (SSSR count). The molecule has 2 aromatic heterocycles. The number of alkyl halides is 3. The number of halogens is 3. The molecule has 4 atom stereocenters. The molecule has 0 bridgehead atoms. The van der Waals surface area contributed by atoms with Crippen molar-refractivity contribution in [3.05, 3.63) is 58.6 Å². The quantitative estimate of drug-likeness (QED) is 0.354. The number of rotatable bonds is 6. The predicted molar refractivity (Wildman–Crippen MR) is 155 cm³/mol.